The Hall–Kier alpha value is -1.60. The summed E-state index contributed by atoms with van der Waals surface area (Å²) in [5.41, 5.74) is 3.78. The first-order valence-electron chi connectivity index (χ1n) is 4.61. The topological polar surface area (TPSA) is 23.1 Å². The first kappa shape index (κ1) is 7.77. The minimum absolute atomic E-state index is 0.149. The van der Waals surface area contributed by atoms with Crippen LogP contribution >= 0.6 is 0 Å². The maximum Gasteiger partial charge on any atom is -0.0154 e. The molecule has 0 unspecified atom stereocenters. The number of hydrogen-bond donors (Lipinski definition) is 0. The normalized spacial score (nSPS) is 13.8. The molecule has 0 amide bonds. The van der Waals surface area contributed by atoms with E-state index in [1.165, 1.54) is 0 Å². The summed E-state index contributed by atoms with van der Waals surface area (Å²) in [4.78, 5) is 0. The average Bonchev–Trinajstić information content (AvgIpc) is 2.55. The SMILES string of the molecule is [O-][C]1c2ccccc2-c2ccccc21. The first-order valence-corrected chi connectivity index (χ1v) is 4.61. The summed E-state index contributed by atoms with van der Waals surface area (Å²) < 4.78 is 0. The molecule has 1 radical (unpaired) electrons. The second kappa shape index (κ2) is 2.69. The molecule has 1 aliphatic carbocycles. The van der Waals surface area contributed by atoms with Crippen LogP contribution in [-0.2, 0) is 0 Å². The summed E-state index contributed by atoms with van der Waals surface area (Å²) in [5, 5.41) is 11.9. The average molecular weight is 180 g/mol. The summed E-state index contributed by atoms with van der Waals surface area (Å²) in [6.07, 6.45) is 0.149. The Labute approximate surface area is 82.6 Å². The Bertz CT molecular complexity index is 443. The molecule has 1 nitrogen and oxygen atoms in total. The van der Waals surface area contributed by atoms with Crippen LogP contribution in [0.4, 0.5) is 0 Å². The van der Waals surface area contributed by atoms with E-state index < -0.39 is 0 Å². The van der Waals surface area contributed by atoms with Gasteiger partial charge in [0.05, 0.1) is 0 Å². The van der Waals surface area contributed by atoms with Crippen LogP contribution < -0.4 is 5.11 Å². The van der Waals surface area contributed by atoms with Crippen LogP contribution in [-0.4, -0.2) is 0 Å². The Morgan fingerprint density at radius 1 is 0.571 bits per heavy atom. The van der Waals surface area contributed by atoms with Gasteiger partial charge in [-0.25, -0.2) is 0 Å². The van der Waals surface area contributed by atoms with Gasteiger partial charge in [-0.1, -0.05) is 54.6 Å². The van der Waals surface area contributed by atoms with E-state index in [0.717, 1.165) is 22.3 Å². The second-order valence-corrected chi connectivity index (χ2v) is 3.42. The molecular weight excluding hydrogens is 172 g/mol. The van der Waals surface area contributed by atoms with Gasteiger partial charge in [0.15, 0.2) is 0 Å². The fraction of sp³-hybridized carbons (Fsp3) is 0. The van der Waals surface area contributed by atoms with Crippen LogP contribution in [0.1, 0.15) is 11.1 Å². The highest BCUT2D eigenvalue weighted by atomic mass is 16.3. The van der Waals surface area contributed by atoms with Crippen molar-refractivity contribution >= 4 is 0 Å². The van der Waals surface area contributed by atoms with Crippen molar-refractivity contribution in [3.63, 3.8) is 0 Å². The monoisotopic (exact) mass is 180 g/mol. The quantitative estimate of drug-likeness (QED) is 0.607. The van der Waals surface area contributed by atoms with E-state index in [1.54, 1.807) is 0 Å². The highest BCUT2D eigenvalue weighted by molar-refractivity contribution is 5.82. The van der Waals surface area contributed by atoms with Gasteiger partial charge in [0.1, 0.15) is 0 Å². The van der Waals surface area contributed by atoms with Crippen molar-refractivity contribution in [3.05, 3.63) is 65.8 Å². The predicted octanol–water partition coefficient (Wildman–Crippen LogP) is 1.96. The van der Waals surface area contributed by atoms with E-state index in [1.807, 2.05) is 48.5 Å². The number of fused-ring (bicyclic) bond motifs is 3. The van der Waals surface area contributed by atoms with Crippen molar-refractivity contribution in [2.45, 2.75) is 0 Å². The molecule has 0 aromatic heterocycles. The second-order valence-electron chi connectivity index (χ2n) is 3.42. The van der Waals surface area contributed by atoms with Gasteiger partial charge in [-0.3, -0.25) is 0 Å². The molecule has 0 atom stereocenters. The Kier molecular flexibility index (Phi) is 1.49. The maximum atomic E-state index is 11.9. The molecule has 67 valence electrons. The standard InChI is InChI=1S/C13H8O/c14-13-11-7-3-1-5-9(11)10-6-2-4-8-12(10)13/h1-8H/q-1. The predicted molar refractivity (Wildman–Crippen MR) is 53.3 cm³/mol. The van der Waals surface area contributed by atoms with Crippen molar-refractivity contribution in [2.75, 3.05) is 0 Å². The van der Waals surface area contributed by atoms with Crippen molar-refractivity contribution in [1.29, 1.82) is 0 Å². The fourth-order valence-electron chi connectivity index (χ4n) is 1.98. The third kappa shape index (κ3) is 0.875. The van der Waals surface area contributed by atoms with Crippen molar-refractivity contribution in [3.8, 4) is 11.1 Å². The van der Waals surface area contributed by atoms with E-state index in [2.05, 4.69) is 0 Å². The Morgan fingerprint density at radius 2 is 0.929 bits per heavy atom. The molecule has 0 fully saturated rings. The van der Waals surface area contributed by atoms with Crippen LogP contribution in [0.25, 0.3) is 11.1 Å². The van der Waals surface area contributed by atoms with Gasteiger partial charge < -0.3 is 5.11 Å². The minimum Gasteiger partial charge on any atom is -0.843 e. The van der Waals surface area contributed by atoms with E-state index in [4.69, 9.17) is 0 Å². The maximum absolute atomic E-state index is 11.9. The lowest BCUT2D eigenvalue weighted by Crippen LogP contribution is -2.14. The molecule has 1 heteroatoms. The van der Waals surface area contributed by atoms with Crippen molar-refractivity contribution in [1.82, 2.24) is 0 Å². The van der Waals surface area contributed by atoms with E-state index in [9.17, 15) is 5.11 Å². The van der Waals surface area contributed by atoms with Gasteiger partial charge in [0, 0.05) is 0 Å². The van der Waals surface area contributed by atoms with Gasteiger partial charge in [-0.05, 0) is 22.3 Å². The minimum atomic E-state index is 0.149. The van der Waals surface area contributed by atoms with Gasteiger partial charge in [-0.2, -0.15) is 0 Å². The lowest BCUT2D eigenvalue weighted by molar-refractivity contribution is -0.332. The molecule has 0 bridgehead atoms. The third-order valence-corrected chi connectivity index (χ3v) is 2.63. The molecule has 0 saturated carbocycles. The zero-order chi connectivity index (χ0) is 9.54. The van der Waals surface area contributed by atoms with Crippen molar-refractivity contribution in [2.24, 2.45) is 0 Å². The van der Waals surface area contributed by atoms with Crippen molar-refractivity contribution < 1.29 is 5.11 Å². The molecule has 2 aromatic rings. The summed E-state index contributed by atoms with van der Waals surface area (Å²) in [6, 6.07) is 15.5. The summed E-state index contributed by atoms with van der Waals surface area (Å²) in [5.74, 6) is 0. The largest absolute Gasteiger partial charge is 0.843 e. The lowest BCUT2D eigenvalue weighted by Gasteiger charge is -2.17. The molecule has 0 saturated heterocycles. The lowest BCUT2D eigenvalue weighted by atomic mass is 10.1. The third-order valence-electron chi connectivity index (χ3n) is 2.63. The molecule has 0 spiro atoms. The number of hydrogen-bond acceptors (Lipinski definition) is 1. The Balaban J connectivity index is 2.36. The molecule has 2 aromatic carbocycles. The summed E-state index contributed by atoms with van der Waals surface area (Å²) in [6.45, 7) is 0. The van der Waals surface area contributed by atoms with E-state index in [-0.39, 0.29) is 6.10 Å². The van der Waals surface area contributed by atoms with E-state index >= 15 is 0 Å². The highest BCUT2D eigenvalue weighted by Crippen LogP contribution is 2.40. The smallest absolute Gasteiger partial charge is 0.0154 e. The molecule has 1 aliphatic rings. The first-order chi connectivity index (χ1) is 6.88. The number of rotatable bonds is 0. The van der Waals surface area contributed by atoms with Gasteiger partial charge in [0.2, 0.25) is 0 Å². The Morgan fingerprint density at radius 3 is 1.36 bits per heavy atom. The molecule has 3 rings (SSSR count). The molecule has 0 aliphatic heterocycles. The molecule has 14 heavy (non-hydrogen) atoms. The summed E-state index contributed by atoms with van der Waals surface area (Å²) in [7, 11) is 0. The van der Waals surface area contributed by atoms with Crippen LogP contribution in [0.3, 0.4) is 0 Å². The van der Waals surface area contributed by atoms with Crippen LogP contribution in [0.15, 0.2) is 48.5 Å². The van der Waals surface area contributed by atoms with Gasteiger partial charge in [0.25, 0.3) is 0 Å². The van der Waals surface area contributed by atoms with E-state index in [0.29, 0.717) is 0 Å². The summed E-state index contributed by atoms with van der Waals surface area (Å²) >= 11 is 0. The zero-order valence-electron chi connectivity index (χ0n) is 7.53. The van der Waals surface area contributed by atoms with Crippen LogP contribution in [0.5, 0.6) is 0 Å². The molecule has 0 heterocycles. The fourth-order valence-corrected chi connectivity index (χ4v) is 1.98. The molecular formula is C13H8O-. The molecule has 0 N–H and O–H groups in total. The number of benzene rings is 2. The van der Waals surface area contributed by atoms with Gasteiger partial charge >= 0.3 is 0 Å². The van der Waals surface area contributed by atoms with Gasteiger partial charge in [-0.15, -0.1) is 0 Å². The highest BCUT2D eigenvalue weighted by Gasteiger charge is 2.19. The van der Waals surface area contributed by atoms with Crippen LogP contribution in [0.2, 0.25) is 0 Å². The van der Waals surface area contributed by atoms with Crippen LogP contribution in [0, 0.1) is 6.10 Å². The zero-order valence-corrected chi connectivity index (χ0v) is 7.53.